The van der Waals surface area contributed by atoms with Gasteiger partial charge in [0.2, 0.25) is 5.91 Å². The second-order valence-electron chi connectivity index (χ2n) is 6.27. The van der Waals surface area contributed by atoms with E-state index in [1.165, 1.54) is 5.56 Å². The van der Waals surface area contributed by atoms with Crippen LogP contribution < -0.4 is 4.74 Å². The lowest BCUT2D eigenvalue weighted by atomic mass is 10.1. The highest BCUT2D eigenvalue weighted by atomic mass is 35.5. The zero-order chi connectivity index (χ0) is 17.6. The van der Waals surface area contributed by atoms with Gasteiger partial charge in [0.1, 0.15) is 5.75 Å². The SMILES string of the molecule is COc1ccccc1CC(=O)N1CCN(Cc2ccc(Cl)cc2)CC1. The third kappa shape index (κ3) is 4.74. The molecule has 25 heavy (non-hydrogen) atoms. The van der Waals surface area contributed by atoms with Crippen LogP contribution in [-0.4, -0.2) is 49.0 Å². The Morgan fingerprint density at radius 3 is 2.40 bits per heavy atom. The number of hydrogen-bond acceptors (Lipinski definition) is 3. The van der Waals surface area contributed by atoms with E-state index in [0.29, 0.717) is 6.42 Å². The summed E-state index contributed by atoms with van der Waals surface area (Å²) in [6, 6.07) is 15.7. The summed E-state index contributed by atoms with van der Waals surface area (Å²) in [5.74, 6) is 0.938. The molecule has 0 unspecified atom stereocenters. The maximum Gasteiger partial charge on any atom is 0.227 e. The summed E-state index contributed by atoms with van der Waals surface area (Å²) < 4.78 is 5.34. The minimum absolute atomic E-state index is 0.163. The number of nitrogens with zero attached hydrogens (tertiary/aromatic N) is 2. The molecule has 4 nitrogen and oxygen atoms in total. The first kappa shape index (κ1) is 17.8. The molecule has 3 rings (SSSR count). The van der Waals surface area contributed by atoms with E-state index in [1.54, 1.807) is 7.11 Å². The Kier molecular flexibility index (Phi) is 5.95. The third-order valence-electron chi connectivity index (χ3n) is 4.58. The fourth-order valence-corrected chi connectivity index (χ4v) is 3.25. The predicted molar refractivity (Wildman–Crippen MR) is 100 cm³/mol. The Labute approximate surface area is 154 Å². The molecule has 1 amide bonds. The van der Waals surface area contributed by atoms with Crippen LogP contribution in [0.1, 0.15) is 11.1 Å². The van der Waals surface area contributed by atoms with Crippen LogP contribution in [0.15, 0.2) is 48.5 Å². The lowest BCUT2D eigenvalue weighted by Gasteiger charge is -2.35. The van der Waals surface area contributed by atoms with Crippen LogP contribution in [0.3, 0.4) is 0 Å². The van der Waals surface area contributed by atoms with Gasteiger partial charge in [-0.25, -0.2) is 0 Å². The number of benzene rings is 2. The molecule has 0 spiro atoms. The molecule has 0 aliphatic carbocycles. The molecule has 132 valence electrons. The number of rotatable bonds is 5. The standard InChI is InChI=1S/C20H23ClN2O2/c1-25-19-5-3-2-4-17(19)14-20(24)23-12-10-22(11-13-23)15-16-6-8-18(21)9-7-16/h2-9H,10-15H2,1H3. The van der Waals surface area contributed by atoms with Gasteiger partial charge in [-0.3, -0.25) is 9.69 Å². The Balaban J connectivity index is 1.51. The average Bonchev–Trinajstić information content (AvgIpc) is 2.64. The van der Waals surface area contributed by atoms with Gasteiger partial charge >= 0.3 is 0 Å². The van der Waals surface area contributed by atoms with Crippen LogP contribution in [0.4, 0.5) is 0 Å². The van der Waals surface area contributed by atoms with E-state index in [0.717, 1.165) is 49.1 Å². The zero-order valence-corrected chi connectivity index (χ0v) is 15.2. The lowest BCUT2D eigenvalue weighted by molar-refractivity contribution is -0.132. The molecule has 5 heteroatoms. The average molecular weight is 359 g/mol. The highest BCUT2D eigenvalue weighted by Gasteiger charge is 2.22. The maximum absolute atomic E-state index is 12.6. The van der Waals surface area contributed by atoms with E-state index in [1.807, 2.05) is 41.3 Å². The van der Waals surface area contributed by atoms with Crippen LogP contribution in [0.5, 0.6) is 5.75 Å². The van der Waals surface area contributed by atoms with Gasteiger partial charge in [0.05, 0.1) is 13.5 Å². The van der Waals surface area contributed by atoms with Crippen molar-refractivity contribution in [3.8, 4) is 5.75 Å². The minimum atomic E-state index is 0.163. The van der Waals surface area contributed by atoms with Crippen molar-refractivity contribution in [2.45, 2.75) is 13.0 Å². The predicted octanol–water partition coefficient (Wildman–Crippen LogP) is 3.24. The molecule has 2 aromatic rings. The van der Waals surface area contributed by atoms with E-state index in [-0.39, 0.29) is 5.91 Å². The van der Waals surface area contributed by atoms with Crippen molar-refractivity contribution in [2.24, 2.45) is 0 Å². The fourth-order valence-electron chi connectivity index (χ4n) is 3.13. The second kappa shape index (κ2) is 8.37. The summed E-state index contributed by atoms with van der Waals surface area (Å²) in [4.78, 5) is 16.9. The van der Waals surface area contributed by atoms with E-state index < -0.39 is 0 Å². The van der Waals surface area contributed by atoms with Crippen molar-refractivity contribution in [3.05, 3.63) is 64.7 Å². The van der Waals surface area contributed by atoms with Gasteiger partial charge < -0.3 is 9.64 Å². The number of halogens is 1. The highest BCUT2D eigenvalue weighted by Crippen LogP contribution is 2.19. The van der Waals surface area contributed by atoms with E-state index in [4.69, 9.17) is 16.3 Å². The van der Waals surface area contributed by atoms with Gasteiger partial charge in [-0.05, 0) is 23.8 Å². The van der Waals surface area contributed by atoms with Crippen LogP contribution in [0.2, 0.25) is 5.02 Å². The van der Waals surface area contributed by atoms with Crippen molar-refractivity contribution >= 4 is 17.5 Å². The number of methoxy groups -OCH3 is 1. The number of ether oxygens (including phenoxy) is 1. The second-order valence-corrected chi connectivity index (χ2v) is 6.71. The van der Waals surface area contributed by atoms with Crippen LogP contribution in [0, 0.1) is 0 Å². The monoisotopic (exact) mass is 358 g/mol. The van der Waals surface area contributed by atoms with Gasteiger partial charge in [-0.2, -0.15) is 0 Å². The fraction of sp³-hybridized carbons (Fsp3) is 0.350. The first-order valence-corrected chi connectivity index (χ1v) is 8.90. The summed E-state index contributed by atoms with van der Waals surface area (Å²) in [6.07, 6.45) is 0.390. The van der Waals surface area contributed by atoms with Crippen molar-refractivity contribution in [1.29, 1.82) is 0 Å². The van der Waals surface area contributed by atoms with Gasteiger partial charge in [-0.1, -0.05) is 41.9 Å². The quantitative estimate of drug-likeness (QED) is 0.822. The number of piperazine rings is 1. The summed E-state index contributed by atoms with van der Waals surface area (Å²) in [6.45, 7) is 4.20. The molecule has 1 aliphatic heterocycles. The molecular formula is C20H23ClN2O2. The van der Waals surface area contributed by atoms with E-state index in [2.05, 4.69) is 17.0 Å². The third-order valence-corrected chi connectivity index (χ3v) is 4.83. The summed E-state index contributed by atoms with van der Waals surface area (Å²) >= 11 is 5.93. The molecular weight excluding hydrogens is 336 g/mol. The van der Waals surface area contributed by atoms with Crippen LogP contribution in [-0.2, 0) is 17.8 Å². The smallest absolute Gasteiger partial charge is 0.227 e. The molecule has 2 aromatic carbocycles. The molecule has 1 fully saturated rings. The summed E-state index contributed by atoms with van der Waals surface area (Å²) in [7, 11) is 1.64. The first-order valence-electron chi connectivity index (χ1n) is 8.52. The molecule has 1 saturated heterocycles. The van der Waals surface area contributed by atoms with Gasteiger partial charge in [0, 0.05) is 43.3 Å². The number of carbonyl (C=O) groups is 1. The van der Waals surface area contributed by atoms with Gasteiger partial charge in [-0.15, -0.1) is 0 Å². The normalized spacial score (nSPS) is 15.2. The number of amides is 1. The van der Waals surface area contributed by atoms with Gasteiger partial charge in [0.25, 0.3) is 0 Å². The number of para-hydroxylation sites is 1. The van der Waals surface area contributed by atoms with E-state index in [9.17, 15) is 4.79 Å². The highest BCUT2D eigenvalue weighted by molar-refractivity contribution is 6.30. The van der Waals surface area contributed by atoms with Crippen molar-refractivity contribution in [1.82, 2.24) is 9.80 Å². The Hall–Kier alpha value is -2.04. The molecule has 0 atom stereocenters. The van der Waals surface area contributed by atoms with Crippen molar-refractivity contribution < 1.29 is 9.53 Å². The number of hydrogen-bond donors (Lipinski definition) is 0. The zero-order valence-electron chi connectivity index (χ0n) is 14.5. The molecule has 0 bridgehead atoms. The largest absolute Gasteiger partial charge is 0.496 e. The lowest BCUT2D eigenvalue weighted by Crippen LogP contribution is -2.48. The van der Waals surface area contributed by atoms with Crippen molar-refractivity contribution in [2.75, 3.05) is 33.3 Å². The number of carbonyl (C=O) groups excluding carboxylic acids is 1. The Morgan fingerprint density at radius 2 is 1.72 bits per heavy atom. The molecule has 0 N–H and O–H groups in total. The molecule has 1 aliphatic rings. The van der Waals surface area contributed by atoms with Gasteiger partial charge in [0.15, 0.2) is 0 Å². The topological polar surface area (TPSA) is 32.8 Å². The molecule has 1 heterocycles. The molecule has 0 radical (unpaired) electrons. The van der Waals surface area contributed by atoms with E-state index >= 15 is 0 Å². The Morgan fingerprint density at radius 1 is 1.04 bits per heavy atom. The molecule has 0 aromatic heterocycles. The first-order chi connectivity index (χ1) is 12.2. The van der Waals surface area contributed by atoms with Crippen LogP contribution >= 0.6 is 11.6 Å². The maximum atomic E-state index is 12.6. The Bertz CT molecular complexity index is 710. The minimum Gasteiger partial charge on any atom is -0.496 e. The molecule has 0 saturated carbocycles. The van der Waals surface area contributed by atoms with Crippen molar-refractivity contribution in [3.63, 3.8) is 0 Å². The summed E-state index contributed by atoms with van der Waals surface area (Å²) in [5, 5.41) is 0.760. The summed E-state index contributed by atoms with van der Waals surface area (Å²) in [5.41, 5.74) is 2.19. The van der Waals surface area contributed by atoms with Crippen LogP contribution in [0.25, 0.3) is 0 Å².